The van der Waals surface area contributed by atoms with E-state index in [1.165, 1.54) is 0 Å². The summed E-state index contributed by atoms with van der Waals surface area (Å²) in [6.07, 6.45) is 10.9. The molecule has 3 aromatic heterocycles. The summed E-state index contributed by atoms with van der Waals surface area (Å²) in [6, 6.07) is 0.555. The zero-order valence-electron chi connectivity index (χ0n) is 12.5. The van der Waals surface area contributed by atoms with Crippen molar-refractivity contribution in [1.29, 1.82) is 0 Å². The second-order valence-electron chi connectivity index (χ2n) is 5.38. The lowest BCUT2D eigenvalue weighted by atomic mass is 10.3. The number of nitrogens with zero attached hydrogens (tertiary/aromatic N) is 7. The summed E-state index contributed by atoms with van der Waals surface area (Å²) in [5.41, 5.74) is 0. The van der Waals surface area contributed by atoms with Crippen LogP contribution in [0.2, 0.25) is 0 Å². The number of hydrogen-bond acceptors (Lipinski definition) is 4. The first kappa shape index (κ1) is 13.5. The highest BCUT2D eigenvalue weighted by Crippen LogP contribution is 2.23. The molecule has 110 valence electrons. The smallest absolute Gasteiger partial charge is 0.176 e. The number of hydrogen-bond donors (Lipinski definition) is 0. The molecule has 0 N–H and O–H groups in total. The molecule has 0 fully saturated rings. The molecule has 1 unspecified atom stereocenters. The molecule has 0 amide bonds. The van der Waals surface area contributed by atoms with Crippen LogP contribution in [0.3, 0.4) is 0 Å². The number of rotatable bonds is 5. The minimum Gasteiger partial charge on any atom is -0.326 e. The average Bonchev–Trinajstić information content (AvgIpc) is 3.19. The summed E-state index contributed by atoms with van der Waals surface area (Å²) in [7, 11) is 0. The standard InChI is InChI=1S/C14H19N7/c1-11(2)20-6-4-16-13(20)14-17-5-7-21(14)12(3)8-19-10-15-9-18-19/h4-7,9-12H,8H2,1-3H3. The lowest BCUT2D eigenvalue weighted by Gasteiger charge is -2.17. The highest BCUT2D eigenvalue weighted by molar-refractivity contribution is 5.45. The lowest BCUT2D eigenvalue weighted by molar-refractivity contribution is 0.437. The van der Waals surface area contributed by atoms with Gasteiger partial charge in [-0.1, -0.05) is 0 Å². The maximum Gasteiger partial charge on any atom is 0.176 e. The van der Waals surface area contributed by atoms with E-state index in [9.17, 15) is 0 Å². The van der Waals surface area contributed by atoms with Crippen LogP contribution in [-0.4, -0.2) is 33.9 Å². The third kappa shape index (κ3) is 2.58. The predicted octanol–water partition coefficient (Wildman–Crippen LogP) is 2.18. The Morgan fingerprint density at radius 3 is 2.29 bits per heavy atom. The molecule has 21 heavy (non-hydrogen) atoms. The van der Waals surface area contributed by atoms with E-state index in [2.05, 4.69) is 50.0 Å². The first-order chi connectivity index (χ1) is 10.2. The molecule has 0 bridgehead atoms. The van der Waals surface area contributed by atoms with Gasteiger partial charge in [0.05, 0.1) is 12.6 Å². The Labute approximate surface area is 123 Å². The molecule has 3 rings (SSSR count). The predicted molar refractivity (Wildman–Crippen MR) is 78.6 cm³/mol. The molecule has 0 aliphatic heterocycles. The summed E-state index contributed by atoms with van der Waals surface area (Å²) >= 11 is 0. The van der Waals surface area contributed by atoms with Crippen LogP contribution in [0, 0.1) is 0 Å². The van der Waals surface area contributed by atoms with Crippen molar-refractivity contribution < 1.29 is 0 Å². The molecular formula is C14H19N7. The highest BCUT2D eigenvalue weighted by Gasteiger charge is 2.17. The van der Waals surface area contributed by atoms with Crippen molar-refractivity contribution in [3.8, 4) is 11.6 Å². The fourth-order valence-corrected chi connectivity index (χ4v) is 2.43. The zero-order valence-corrected chi connectivity index (χ0v) is 12.5. The summed E-state index contributed by atoms with van der Waals surface area (Å²) in [5.74, 6) is 1.77. The molecule has 0 aromatic carbocycles. The van der Waals surface area contributed by atoms with E-state index >= 15 is 0 Å². The monoisotopic (exact) mass is 285 g/mol. The van der Waals surface area contributed by atoms with Crippen molar-refractivity contribution in [2.45, 2.75) is 39.4 Å². The fourth-order valence-electron chi connectivity index (χ4n) is 2.43. The van der Waals surface area contributed by atoms with Gasteiger partial charge in [-0.3, -0.25) is 4.68 Å². The Balaban J connectivity index is 1.91. The Morgan fingerprint density at radius 1 is 1.00 bits per heavy atom. The summed E-state index contributed by atoms with van der Waals surface area (Å²) in [5, 5.41) is 4.16. The van der Waals surface area contributed by atoms with E-state index in [4.69, 9.17) is 0 Å². The van der Waals surface area contributed by atoms with Gasteiger partial charge in [0.25, 0.3) is 0 Å². The summed E-state index contributed by atoms with van der Waals surface area (Å²) < 4.78 is 6.08. The first-order valence-electron chi connectivity index (χ1n) is 7.05. The number of aromatic nitrogens is 7. The van der Waals surface area contributed by atoms with Crippen LogP contribution in [0.15, 0.2) is 37.4 Å². The lowest BCUT2D eigenvalue weighted by Crippen LogP contribution is -2.15. The Kier molecular flexibility index (Phi) is 3.55. The number of imidazole rings is 2. The Hall–Kier alpha value is -2.44. The molecule has 7 nitrogen and oxygen atoms in total. The molecular weight excluding hydrogens is 266 g/mol. The van der Waals surface area contributed by atoms with Crippen molar-refractivity contribution in [1.82, 2.24) is 33.9 Å². The van der Waals surface area contributed by atoms with Gasteiger partial charge in [0, 0.05) is 30.8 Å². The van der Waals surface area contributed by atoms with Crippen LogP contribution in [-0.2, 0) is 6.54 Å². The van der Waals surface area contributed by atoms with Crippen LogP contribution in [0.5, 0.6) is 0 Å². The molecule has 0 radical (unpaired) electrons. The van der Waals surface area contributed by atoms with Gasteiger partial charge in [-0.25, -0.2) is 15.0 Å². The van der Waals surface area contributed by atoms with E-state index in [-0.39, 0.29) is 6.04 Å². The second-order valence-corrected chi connectivity index (χ2v) is 5.38. The molecule has 1 atom stereocenters. The van der Waals surface area contributed by atoms with Gasteiger partial charge >= 0.3 is 0 Å². The van der Waals surface area contributed by atoms with Gasteiger partial charge in [0.1, 0.15) is 12.7 Å². The molecule has 0 aliphatic rings. The molecule has 0 spiro atoms. The third-order valence-corrected chi connectivity index (χ3v) is 3.49. The fraction of sp³-hybridized carbons (Fsp3) is 0.429. The molecule has 0 saturated carbocycles. The molecule has 3 aromatic rings. The average molecular weight is 285 g/mol. The minimum absolute atomic E-state index is 0.210. The second kappa shape index (κ2) is 5.51. The topological polar surface area (TPSA) is 66.3 Å². The quantitative estimate of drug-likeness (QED) is 0.720. The van der Waals surface area contributed by atoms with E-state index in [1.54, 1.807) is 12.7 Å². The maximum absolute atomic E-state index is 4.49. The largest absolute Gasteiger partial charge is 0.326 e. The van der Waals surface area contributed by atoms with Crippen LogP contribution in [0.4, 0.5) is 0 Å². The Morgan fingerprint density at radius 2 is 1.67 bits per heavy atom. The van der Waals surface area contributed by atoms with Crippen LogP contribution < -0.4 is 0 Å². The van der Waals surface area contributed by atoms with E-state index in [0.29, 0.717) is 6.04 Å². The van der Waals surface area contributed by atoms with Crippen molar-refractivity contribution in [3.05, 3.63) is 37.4 Å². The molecule has 0 aliphatic carbocycles. The molecule has 7 heteroatoms. The SMILES string of the molecule is CC(C)n1ccnc1-c1nccn1C(C)Cn1cncn1. The van der Waals surface area contributed by atoms with Crippen molar-refractivity contribution in [2.75, 3.05) is 0 Å². The van der Waals surface area contributed by atoms with E-state index < -0.39 is 0 Å². The zero-order chi connectivity index (χ0) is 14.8. The van der Waals surface area contributed by atoms with Gasteiger partial charge in [-0.05, 0) is 20.8 Å². The first-order valence-corrected chi connectivity index (χ1v) is 7.05. The van der Waals surface area contributed by atoms with Gasteiger partial charge in [0.2, 0.25) is 0 Å². The van der Waals surface area contributed by atoms with E-state index in [0.717, 1.165) is 18.2 Å². The van der Waals surface area contributed by atoms with E-state index in [1.807, 2.05) is 29.5 Å². The maximum atomic E-state index is 4.49. The Bertz CT molecular complexity index is 693. The molecule has 0 saturated heterocycles. The van der Waals surface area contributed by atoms with Gasteiger partial charge in [-0.15, -0.1) is 0 Å². The normalized spacial score (nSPS) is 13.0. The van der Waals surface area contributed by atoms with Gasteiger partial charge in [0.15, 0.2) is 11.6 Å². The highest BCUT2D eigenvalue weighted by atomic mass is 15.3. The van der Waals surface area contributed by atoms with Crippen molar-refractivity contribution >= 4 is 0 Å². The van der Waals surface area contributed by atoms with Crippen LogP contribution in [0.25, 0.3) is 11.6 Å². The van der Waals surface area contributed by atoms with Gasteiger partial charge in [-0.2, -0.15) is 5.10 Å². The molecule has 3 heterocycles. The van der Waals surface area contributed by atoms with Crippen LogP contribution >= 0.6 is 0 Å². The minimum atomic E-state index is 0.210. The summed E-state index contributed by atoms with van der Waals surface area (Å²) in [4.78, 5) is 12.9. The summed E-state index contributed by atoms with van der Waals surface area (Å²) in [6.45, 7) is 7.15. The van der Waals surface area contributed by atoms with Crippen LogP contribution in [0.1, 0.15) is 32.9 Å². The van der Waals surface area contributed by atoms with Crippen molar-refractivity contribution in [2.24, 2.45) is 0 Å². The van der Waals surface area contributed by atoms with Gasteiger partial charge < -0.3 is 9.13 Å². The third-order valence-electron chi connectivity index (χ3n) is 3.49. The van der Waals surface area contributed by atoms with Crippen molar-refractivity contribution in [3.63, 3.8) is 0 Å².